The van der Waals surface area contributed by atoms with E-state index < -0.39 is 11.9 Å². The van der Waals surface area contributed by atoms with Crippen molar-refractivity contribution in [1.82, 2.24) is 4.98 Å². The van der Waals surface area contributed by atoms with Crippen LogP contribution in [0.4, 0.5) is 0 Å². The highest BCUT2D eigenvalue weighted by Gasteiger charge is 2.21. The predicted octanol–water partition coefficient (Wildman–Crippen LogP) is 2.86. The van der Waals surface area contributed by atoms with E-state index in [-0.39, 0.29) is 0 Å². The zero-order valence-electron chi connectivity index (χ0n) is 9.46. The van der Waals surface area contributed by atoms with Crippen LogP contribution >= 0.6 is 11.3 Å². The third-order valence-corrected chi connectivity index (χ3v) is 3.40. The largest absolute Gasteiger partial charge is 0.481 e. The zero-order valence-corrected chi connectivity index (χ0v) is 10.3. The standard InChI is InChI=1S/C13H13NO2S/c1-9-14-11(8-17-9)7-12(13(15)16)10-5-3-2-4-6-10/h2-6,8,12H,7H2,1H3,(H,15,16). The van der Waals surface area contributed by atoms with E-state index in [0.29, 0.717) is 6.42 Å². The normalized spacial score (nSPS) is 12.3. The van der Waals surface area contributed by atoms with Crippen molar-refractivity contribution in [2.75, 3.05) is 0 Å². The van der Waals surface area contributed by atoms with Crippen molar-refractivity contribution in [3.05, 3.63) is 52.0 Å². The number of rotatable bonds is 4. The lowest BCUT2D eigenvalue weighted by Gasteiger charge is -2.10. The molecule has 0 spiro atoms. The number of nitrogens with zero attached hydrogens (tertiary/aromatic N) is 1. The summed E-state index contributed by atoms with van der Waals surface area (Å²) in [6, 6.07) is 9.29. The highest BCUT2D eigenvalue weighted by atomic mass is 32.1. The van der Waals surface area contributed by atoms with E-state index in [1.54, 1.807) is 11.3 Å². The number of carboxylic acids is 1. The number of thiazole rings is 1. The number of hydrogen-bond donors (Lipinski definition) is 1. The minimum Gasteiger partial charge on any atom is -0.481 e. The van der Waals surface area contributed by atoms with Crippen LogP contribution in [-0.4, -0.2) is 16.1 Å². The van der Waals surface area contributed by atoms with Gasteiger partial charge in [-0.15, -0.1) is 11.3 Å². The fourth-order valence-electron chi connectivity index (χ4n) is 1.74. The van der Waals surface area contributed by atoms with Crippen LogP contribution in [0.15, 0.2) is 35.7 Å². The van der Waals surface area contributed by atoms with E-state index in [2.05, 4.69) is 4.98 Å². The molecular formula is C13H13NO2S. The van der Waals surface area contributed by atoms with Crippen molar-refractivity contribution in [1.29, 1.82) is 0 Å². The van der Waals surface area contributed by atoms with Gasteiger partial charge in [-0.05, 0) is 12.5 Å². The molecule has 0 saturated heterocycles. The van der Waals surface area contributed by atoms with Crippen molar-refractivity contribution < 1.29 is 9.90 Å². The van der Waals surface area contributed by atoms with Gasteiger partial charge in [-0.3, -0.25) is 4.79 Å². The molecule has 88 valence electrons. The number of aryl methyl sites for hydroxylation is 1. The summed E-state index contributed by atoms with van der Waals surface area (Å²) in [5.74, 6) is -1.32. The lowest BCUT2D eigenvalue weighted by molar-refractivity contribution is -0.138. The Kier molecular flexibility index (Phi) is 3.54. The van der Waals surface area contributed by atoms with E-state index in [1.165, 1.54) is 0 Å². The molecular weight excluding hydrogens is 234 g/mol. The molecule has 1 N–H and O–H groups in total. The van der Waals surface area contributed by atoms with Gasteiger partial charge in [0.1, 0.15) is 0 Å². The number of aromatic nitrogens is 1. The molecule has 3 nitrogen and oxygen atoms in total. The second-order valence-corrected chi connectivity index (χ2v) is 4.93. The molecule has 1 aromatic heterocycles. The van der Waals surface area contributed by atoms with Gasteiger partial charge in [0.05, 0.1) is 16.6 Å². The first kappa shape index (κ1) is 11.8. The first-order chi connectivity index (χ1) is 8.16. The lowest BCUT2D eigenvalue weighted by Crippen LogP contribution is -2.14. The summed E-state index contributed by atoms with van der Waals surface area (Å²) in [6.45, 7) is 1.92. The van der Waals surface area contributed by atoms with Gasteiger partial charge in [0.2, 0.25) is 0 Å². The van der Waals surface area contributed by atoms with Gasteiger partial charge in [0.25, 0.3) is 0 Å². The molecule has 0 aliphatic heterocycles. The summed E-state index contributed by atoms with van der Waals surface area (Å²) in [7, 11) is 0. The molecule has 17 heavy (non-hydrogen) atoms. The van der Waals surface area contributed by atoms with Gasteiger partial charge in [0, 0.05) is 11.8 Å². The number of carboxylic acid groups (broad SMARTS) is 1. The maximum absolute atomic E-state index is 11.3. The minimum absolute atomic E-state index is 0.448. The molecule has 0 fully saturated rings. The quantitative estimate of drug-likeness (QED) is 0.903. The van der Waals surface area contributed by atoms with Crippen LogP contribution in [0, 0.1) is 6.92 Å². The lowest BCUT2D eigenvalue weighted by atomic mass is 9.95. The third-order valence-electron chi connectivity index (χ3n) is 2.58. The van der Waals surface area contributed by atoms with E-state index >= 15 is 0 Å². The molecule has 1 heterocycles. The fraction of sp³-hybridized carbons (Fsp3) is 0.231. The van der Waals surface area contributed by atoms with E-state index in [0.717, 1.165) is 16.3 Å². The van der Waals surface area contributed by atoms with Crippen molar-refractivity contribution in [3.8, 4) is 0 Å². The molecule has 0 aliphatic rings. The van der Waals surface area contributed by atoms with E-state index in [9.17, 15) is 9.90 Å². The Morgan fingerprint density at radius 1 is 1.41 bits per heavy atom. The Morgan fingerprint density at radius 2 is 2.12 bits per heavy atom. The third kappa shape index (κ3) is 2.91. The summed E-state index contributed by atoms with van der Waals surface area (Å²) in [5, 5.41) is 12.2. The van der Waals surface area contributed by atoms with Gasteiger partial charge >= 0.3 is 5.97 Å². The van der Waals surface area contributed by atoms with Gasteiger partial charge in [0.15, 0.2) is 0 Å². The second kappa shape index (κ2) is 5.10. The first-order valence-corrected chi connectivity index (χ1v) is 6.23. The Labute approximate surface area is 104 Å². The van der Waals surface area contributed by atoms with Gasteiger partial charge in [-0.2, -0.15) is 0 Å². The molecule has 1 unspecified atom stereocenters. The molecule has 0 saturated carbocycles. The predicted molar refractivity (Wildman–Crippen MR) is 67.4 cm³/mol. The number of benzene rings is 1. The topological polar surface area (TPSA) is 50.2 Å². The van der Waals surface area contributed by atoms with Crippen LogP contribution in [-0.2, 0) is 11.2 Å². The fourth-order valence-corrected chi connectivity index (χ4v) is 2.37. The minimum atomic E-state index is -0.804. The van der Waals surface area contributed by atoms with Crippen molar-refractivity contribution in [2.24, 2.45) is 0 Å². The molecule has 0 bridgehead atoms. The molecule has 0 amide bonds. The maximum atomic E-state index is 11.3. The van der Waals surface area contributed by atoms with Gasteiger partial charge < -0.3 is 5.11 Å². The van der Waals surface area contributed by atoms with E-state index in [4.69, 9.17) is 0 Å². The Balaban J connectivity index is 2.22. The average molecular weight is 247 g/mol. The van der Waals surface area contributed by atoms with Crippen LogP contribution in [0.1, 0.15) is 22.2 Å². The first-order valence-electron chi connectivity index (χ1n) is 5.35. The molecule has 1 atom stereocenters. The molecule has 2 rings (SSSR count). The van der Waals surface area contributed by atoms with Gasteiger partial charge in [-0.1, -0.05) is 30.3 Å². The Hall–Kier alpha value is -1.68. The zero-order chi connectivity index (χ0) is 12.3. The highest BCUT2D eigenvalue weighted by molar-refractivity contribution is 7.09. The Bertz CT molecular complexity index is 507. The summed E-state index contributed by atoms with van der Waals surface area (Å²) < 4.78 is 0. The smallest absolute Gasteiger partial charge is 0.311 e. The monoisotopic (exact) mass is 247 g/mol. The molecule has 1 aromatic carbocycles. The maximum Gasteiger partial charge on any atom is 0.311 e. The van der Waals surface area contributed by atoms with Crippen LogP contribution in [0.2, 0.25) is 0 Å². The number of hydrogen-bond acceptors (Lipinski definition) is 3. The molecule has 4 heteroatoms. The number of aliphatic carboxylic acids is 1. The highest BCUT2D eigenvalue weighted by Crippen LogP contribution is 2.22. The Morgan fingerprint density at radius 3 is 2.65 bits per heavy atom. The van der Waals surface area contributed by atoms with Crippen molar-refractivity contribution >= 4 is 17.3 Å². The van der Waals surface area contributed by atoms with Crippen molar-refractivity contribution in [2.45, 2.75) is 19.3 Å². The molecule has 2 aromatic rings. The average Bonchev–Trinajstić information content (AvgIpc) is 2.73. The summed E-state index contributed by atoms with van der Waals surface area (Å²) in [5.41, 5.74) is 1.68. The SMILES string of the molecule is Cc1nc(CC(C(=O)O)c2ccccc2)cs1. The number of carbonyl (C=O) groups is 1. The van der Waals surface area contributed by atoms with Crippen LogP contribution in [0.25, 0.3) is 0 Å². The summed E-state index contributed by atoms with van der Waals surface area (Å²) in [6.07, 6.45) is 0.448. The second-order valence-electron chi connectivity index (χ2n) is 3.86. The van der Waals surface area contributed by atoms with Crippen LogP contribution < -0.4 is 0 Å². The van der Waals surface area contributed by atoms with E-state index in [1.807, 2.05) is 42.6 Å². The molecule has 0 aliphatic carbocycles. The van der Waals surface area contributed by atoms with Crippen LogP contribution in [0.5, 0.6) is 0 Å². The molecule has 0 radical (unpaired) electrons. The summed E-state index contributed by atoms with van der Waals surface area (Å²) >= 11 is 1.55. The van der Waals surface area contributed by atoms with Crippen molar-refractivity contribution in [3.63, 3.8) is 0 Å². The van der Waals surface area contributed by atoms with Crippen LogP contribution in [0.3, 0.4) is 0 Å². The summed E-state index contributed by atoms with van der Waals surface area (Å²) in [4.78, 5) is 15.6. The van der Waals surface area contributed by atoms with Gasteiger partial charge in [-0.25, -0.2) is 4.98 Å².